The molecule has 1 amide bonds. The molecule has 0 fully saturated rings. The molecule has 2 aromatic carbocycles. The number of methoxy groups -OCH3 is 2. The van der Waals surface area contributed by atoms with Crippen LogP contribution in [0.2, 0.25) is 0 Å². The third-order valence-electron chi connectivity index (χ3n) is 4.35. The Morgan fingerprint density at radius 2 is 1.75 bits per heavy atom. The summed E-state index contributed by atoms with van der Waals surface area (Å²) < 4.78 is 13.0. The lowest BCUT2D eigenvalue weighted by Crippen LogP contribution is -2.27. The second-order valence-corrected chi connectivity index (χ2v) is 6.95. The summed E-state index contributed by atoms with van der Waals surface area (Å²) in [6, 6.07) is 11.6. The van der Waals surface area contributed by atoms with Gasteiger partial charge < -0.3 is 19.1 Å². The predicted octanol–water partition coefficient (Wildman–Crippen LogP) is 3.50. The maximum Gasteiger partial charge on any atom is 0.326 e. The van der Waals surface area contributed by atoms with E-state index in [2.05, 4.69) is 4.99 Å². The standard InChI is InChI=1S/C20H20N2O5S/c1-4-12(19(24)25)22-13-8-5-6-11-16(13)28-20(22)21-18(23)17-14(26-2)9-7-10-15(17)27-3/h5-12H,4H2,1-3H3,(H,24,25)/b21-20-. The van der Waals surface area contributed by atoms with E-state index in [1.165, 1.54) is 25.6 Å². The molecule has 1 unspecified atom stereocenters. The van der Waals surface area contributed by atoms with E-state index < -0.39 is 17.9 Å². The van der Waals surface area contributed by atoms with Crippen LogP contribution in [0.1, 0.15) is 29.7 Å². The highest BCUT2D eigenvalue weighted by Crippen LogP contribution is 2.29. The molecule has 0 aliphatic rings. The zero-order valence-corrected chi connectivity index (χ0v) is 16.5. The first kappa shape index (κ1) is 19.6. The van der Waals surface area contributed by atoms with E-state index in [4.69, 9.17) is 9.47 Å². The molecule has 28 heavy (non-hydrogen) atoms. The number of benzene rings is 2. The summed E-state index contributed by atoms with van der Waals surface area (Å²) in [7, 11) is 2.92. The van der Waals surface area contributed by atoms with Crippen LogP contribution >= 0.6 is 11.3 Å². The third-order valence-corrected chi connectivity index (χ3v) is 5.39. The van der Waals surface area contributed by atoms with Gasteiger partial charge in [0.15, 0.2) is 4.80 Å². The van der Waals surface area contributed by atoms with Gasteiger partial charge in [0.05, 0.1) is 24.4 Å². The van der Waals surface area contributed by atoms with Gasteiger partial charge in [-0.25, -0.2) is 4.79 Å². The quantitative estimate of drug-likeness (QED) is 0.684. The molecule has 1 aromatic heterocycles. The van der Waals surface area contributed by atoms with E-state index in [0.29, 0.717) is 22.7 Å². The second-order valence-electron chi connectivity index (χ2n) is 5.94. The number of fused-ring (bicyclic) bond motifs is 1. The maximum atomic E-state index is 13.0. The van der Waals surface area contributed by atoms with Crippen LogP contribution in [0.4, 0.5) is 0 Å². The molecule has 0 aliphatic heterocycles. The molecule has 0 spiro atoms. The number of carbonyl (C=O) groups excluding carboxylic acids is 1. The van der Waals surface area contributed by atoms with E-state index in [0.717, 1.165) is 10.2 Å². The van der Waals surface area contributed by atoms with Gasteiger partial charge in [-0.05, 0) is 30.7 Å². The van der Waals surface area contributed by atoms with Gasteiger partial charge in [0, 0.05) is 0 Å². The van der Waals surface area contributed by atoms with Crippen molar-refractivity contribution < 1.29 is 24.2 Å². The lowest BCUT2D eigenvalue weighted by atomic mass is 10.1. The van der Waals surface area contributed by atoms with Gasteiger partial charge in [-0.3, -0.25) is 4.79 Å². The molecule has 1 heterocycles. The molecule has 0 aliphatic carbocycles. The number of carbonyl (C=O) groups is 2. The fourth-order valence-corrected chi connectivity index (χ4v) is 4.11. The molecule has 8 heteroatoms. The third kappa shape index (κ3) is 3.50. The molecule has 146 valence electrons. The number of aliphatic carboxylic acids is 1. The van der Waals surface area contributed by atoms with E-state index in [9.17, 15) is 14.7 Å². The fourth-order valence-electron chi connectivity index (χ4n) is 3.04. The Balaban J connectivity index is 2.26. The SMILES string of the molecule is CCC(C(=O)O)n1/c(=N/C(=O)c2c(OC)cccc2OC)sc2ccccc21. The van der Waals surface area contributed by atoms with Crippen LogP contribution in [0.3, 0.4) is 0 Å². The predicted molar refractivity (Wildman–Crippen MR) is 106 cm³/mol. The fraction of sp³-hybridized carbons (Fsp3) is 0.250. The van der Waals surface area contributed by atoms with Crippen molar-refractivity contribution >= 4 is 33.4 Å². The number of ether oxygens (including phenoxy) is 2. The molecular formula is C20H20N2O5S. The van der Waals surface area contributed by atoms with Crippen molar-refractivity contribution in [3.63, 3.8) is 0 Å². The summed E-state index contributed by atoms with van der Waals surface area (Å²) in [5.41, 5.74) is 0.917. The van der Waals surface area contributed by atoms with Gasteiger partial charge in [-0.1, -0.05) is 36.5 Å². The summed E-state index contributed by atoms with van der Waals surface area (Å²) in [5.74, 6) is -0.859. The zero-order chi connectivity index (χ0) is 20.3. The van der Waals surface area contributed by atoms with Crippen LogP contribution in [-0.2, 0) is 4.79 Å². The summed E-state index contributed by atoms with van der Waals surface area (Å²) in [5, 5.41) is 9.66. The molecule has 0 saturated heterocycles. The molecule has 0 radical (unpaired) electrons. The molecule has 1 N–H and O–H groups in total. The Bertz CT molecular complexity index is 1080. The minimum atomic E-state index is -0.977. The van der Waals surface area contributed by atoms with E-state index in [1.807, 2.05) is 24.3 Å². The van der Waals surface area contributed by atoms with E-state index >= 15 is 0 Å². The Morgan fingerprint density at radius 3 is 2.32 bits per heavy atom. The van der Waals surface area contributed by atoms with Crippen molar-refractivity contribution in [2.75, 3.05) is 14.2 Å². The van der Waals surface area contributed by atoms with Crippen LogP contribution in [-0.4, -0.2) is 35.8 Å². The number of thiazole rings is 1. The van der Waals surface area contributed by atoms with Gasteiger partial charge in [0.1, 0.15) is 23.1 Å². The first-order valence-corrected chi connectivity index (χ1v) is 9.46. The topological polar surface area (TPSA) is 90.1 Å². The highest BCUT2D eigenvalue weighted by molar-refractivity contribution is 7.16. The molecule has 1 atom stereocenters. The van der Waals surface area contributed by atoms with Crippen LogP contribution in [0.25, 0.3) is 10.2 Å². The lowest BCUT2D eigenvalue weighted by Gasteiger charge is -2.13. The first-order chi connectivity index (χ1) is 13.5. The van der Waals surface area contributed by atoms with Crippen molar-refractivity contribution in [2.24, 2.45) is 4.99 Å². The number of carboxylic acid groups (broad SMARTS) is 1. The maximum absolute atomic E-state index is 13.0. The highest BCUT2D eigenvalue weighted by atomic mass is 32.1. The lowest BCUT2D eigenvalue weighted by molar-refractivity contribution is -0.140. The minimum Gasteiger partial charge on any atom is -0.496 e. The zero-order valence-electron chi connectivity index (χ0n) is 15.7. The average Bonchev–Trinajstić information content (AvgIpc) is 3.05. The van der Waals surface area contributed by atoms with Gasteiger partial charge in [0.25, 0.3) is 5.91 Å². The van der Waals surface area contributed by atoms with Crippen molar-refractivity contribution in [3.05, 3.63) is 52.8 Å². The van der Waals surface area contributed by atoms with Crippen molar-refractivity contribution in [2.45, 2.75) is 19.4 Å². The normalized spacial score (nSPS) is 12.8. The minimum absolute atomic E-state index is 0.194. The number of aromatic nitrogens is 1. The number of hydrogen-bond donors (Lipinski definition) is 1. The Morgan fingerprint density at radius 1 is 1.11 bits per heavy atom. The average molecular weight is 400 g/mol. The van der Waals surface area contributed by atoms with Gasteiger partial charge >= 0.3 is 5.97 Å². The van der Waals surface area contributed by atoms with Crippen LogP contribution in [0.15, 0.2) is 47.5 Å². The summed E-state index contributed by atoms with van der Waals surface area (Å²) in [6.07, 6.45) is 0.357. The summed E-state index contributed by atoms with van der Waals surface area (Å²) >= 11 is 1.27. The molecule has 3 rings (SSSR count). The largest absolute Gasteiger partial charge is 0.496 e. The molecule has 3 aromatic rings. The number of para-hydroxylation sites is 1. The monoisotopic (exact) mass is 400 g/mol. The Hall–Kier alpha value is -3.13. The van der Waals surface area contributed by atoms with E-state index in [1.54, 1.807) is 29.7 Å². The van der Waals surface area contributed by atoms with Crippen molar-refractivity contribution in [1.29, 1.82) is 0 Å². The Labute approximate surface area is 165 Å². The number of amides is 1. The van der Waals surface area contributed by atoms with E-state index in [-0.39, 0.29) is 5.56 Å². The molecule has 0 saturated carbocycles. The molecular weight excluding hydrogens is 380 g/mol. The van der Waals surface area contributed by atoms with Crippen molar-refractivity contribution in [1.82, 2.24) is 4.57 Å². The van der Waals surface area contributed by atoms with Gasteiger partial charge in [0.2, 0.25) is 0 Å². The number of rotatable bonds is 6. The van der Waals surface area contributed by atoms with Gasteiger partial charge in [-0.2, -0.15) is 4.99 Å². The summed E-state index contributed by atoms with van der Waals surface area (Å²) in [6.45, 7) is 1.78. The van der Waals surface area contributed by atoms with Crippen LogP contribution in [0.5, 0.6) is 11.5 Å². The Kier molecular flexibility index (Phi) is 5.79. The highest BCUT2D eigenvalue weighted by Gasteiger charge is 2.23. The number of hydrogen-bond acceptors (Lipinski definition) is 5. The first-order valence-electron chi connectivity index (χ1n) is 8.64. The van der Waals surface area contributed by atoms with Crippen LogP contribution in [0, 0.1) is 0 Å². The molecule has 0 bridgehead atoms. The second kappa shape index (κ2) is 8.26. The smallest absolute Gasteiger partial charge is 0.326 e. The summed E-state index contributed by atoms with van der Waals surface area (Å²) in [4.78, 5) is 29.4. The van der Waals surface area contributed by atoms with Crippen LogP contribution < -0.4 is 14.3 Å². The number of carboxylic acids is 1. The molecule has 7 nitrogen and oxygen atoms in total. The number of nitrogens with zero attached hydrogens (tertiary/aromatic N) is 2. The van der Waals surface area contributed by atoms with Crippen molar-refractivity contribution in [3.8, 4) is 11.5 Å². The van der Waals surface area contributed by atoms with Gasteiger partial charge in [-0.15, -0.1) is 0 Å².